The second-order valence-corrected chi connectivity index (χ2v) is 8.86. The number of sulfonamides is 1. The highest BCUT2D eigenvalue weighted by molar-refractivity contribution is 7.88. The van der Waals surface area contributed by atoms with Gasteiger partial charge in [-0.3, -0.25) is 4.79 Å². The Morgan fingerprint density at radius 3 is 2.70 bits per heavy atom. The maximum Gasteiger partial charge on any atom is 0.312 e. The van der Waals surface area contributed by atoms with Crippen LogP contribution in [-0.4, -0.2) is 61.9 Å². The van der Waals surface area contributed by atoms with Crippen molar-refractivity contribution in [2.45, 2.75) is 12.7 Å². The molecule has 1 aromatic rings. The molecule has 0 aliphatic carbocycles. The number of carboxylic acids is 1. The summed E-state index contributed by atoms with van der Waals surface area (Å²) in [6.07, 6.45) is 0. The van der Waals surface area contributed by atoms with Crippen molar-refractivity contribution in [1.82, 2.24) is 9.21 Å². The summed E-state index contributed by atoms with van der Waals surface area (Å²) in [5, 5.41) is 9.65. The highest BCUT2D eigenvalue weighted by Gasteiger charge is 2.58. The van der Waals surface area contributed by atoms with Crippen molar-refractivity contribution in [3.63, 3.8) is 0 Å². The number of fused-ring (bicyclic) bond motifs is 1. The van der Waals surface area contributed by atoms with E-state index in [4.69, 9.17) is 0 Å². The number of aliphatic carboxylic acids is 1. The summed E-state index contributed by atoms with van der Waals surface area (Å²) in [6.45, 7) is 3.33. The van der Waals surface area contributed by atoms with Gasteiger partial charge in [0.15, 0.2) is 0 Å². The van der Waals surface area contributed by atoms with Gasteiger partial charge in [-0.2, -0.15) is 0 Å². The Labute approximate surface area is 136 Å². The number of hydrogen-bond donors (Lipinski definition) is 1. The molecule has 6 nitrogen and oxygen atoms in total. The molecule has 0 spiro atoms. The number of rotatable bonds is 4. The molecule has 0 aromatic heterocycles. The summed E-state index contributed by atoms with van der Waals surface area (Å²) >= 11 is 0. The van der Waals surface area contributed by atoms with Crippen LogP contribution in [0.15, 0.2) is 24.3 Å². The molecule has 0 saturated carbocycles. The molecule has 0 unspecified atom stereocenters. The molecular weight excluding hydrogens is 316 g/mol. The number of likely N-dealkylation sites (tertiary alicyclic amines) is 1. The third kappa shape index (κ3) is 2.88. The molecule has 3 rings (SSSR count). The van der Waals surface area contributed by atoms with E-state index in [0.717, 1.165) is 11.1 Å². The molecule has 126 valence electrons. The average Bonchev–Trinajstić information content (AvgIpc) is 2.92. The van der Waals surface area contributed by atoms with Crippen molar-refractivity contribution in [2.24, 2.45) is 11.3 Å². The Kier molecular flexibility index (Phi) is 3.98. The first-order valence-electron chi connectivity index (χ1n) is 7.68. The predicted octanol–water partition coefficient (Wildman–Crippen LogP) is 0.773. The zero-order chi connectivity index (χ0) is 16.8. The van der Waals surface area contributed by atoms with Gasteiger partial charge in [-0.15, -0.1) is 0 Å². The minimum atomic E-state index is -3.51. The predicted molar refractivity (Wildman–Crippen MR) is 86.4 cm³/mol. The van der Waals surface area contributed by atoms with Crippen molar-refractivity contribution in [3.8, 4) is 0 Å². The van der Waals surface area contributed by atoms with Crippen molar-refractivity contribution in [3.05, 3.63) is 35.4 Å². The molecule has 23 heavy (non-hydrogen) atoms. The fraction of sp³-hybridized carbons (Fsp3) is 0.562. The van der Waals surface area contributed by atoms with Crippen LogP contribution in [0.5, 0.6) is 0 Å². The molecule has 1 N–H and O–H groups in total. The van der Waals surface area contributed by atoms with Crippen LogP contribution in [0.4, 0.5) is 0 Å². The summed E-state index contributed by atoms with van der Waals surface area (Å²) in [5.41, 5.74) is 0.789. The second-order valence-electron chi connectivity index (χ2n) is 6.89. The largest absolute Gasteiger partial charge is 0.481 e. The first kappa shape index (κ1) is 16.4. The van der Waals surface area contributed by atoms with Crippen LogP contribution in [0.1, 0.15) is 11.1 Å². The second kappa shape index (κ2) is 5.58. The summed E-state index contributed by atoms with van der Waals surface area (Å²) in [6, 6.07) is 7.41. The van der Waals surface area contributed by atoms with Crippen molar-refractivity contribution in [1.29, 1.82) is 0 Å². The highest BCUT2D eigenvalue weighted by atomic mass is 32.2. The number of aryl methyl sites for hydroxylation is 1. The quantitative estimate of drug-likeness (QED) is 0.877. The van der Waals surface area contributed by atoms with Gasteiger partial charge in [0, 0.05) is 32.1 Å². The topological polar surface area (TPSA) is 77.9 Å². The van der Waals surface area contributed by atoms with Gasteiger partial charge in [0.1, 0.15) is 0 Å². The number of nitrogens with zero attached hydrogens (tertiary/aromatic N) is 2. The zero-order valence-electron chi connectivity index (χ0n) is 13.4. The van der Waals surface area contributed by atoms with E-state index >= 15 is 0 Å². The highest BCUT2D eigenvalue weighted by Crippen LogP contribution is 2.43. The summed E-state index contributed by atoms with van der Waals surface area (Å²) in [7, 11) is -1.63. The van der Waals surface area contributed by atoms with Crippen molar-refractivity contribution < 1.29 is 18.3 Å². The van der Waals surface area contributed by atoms with Crippen molar-refractivity contribution in [2.75, 3.05) is 33.2 Å². The Balaban J connectivity index is 1.82. The standard InChI is InChI=1S/C16H22N2O4S/c1-12-4-3-5-13(6-12)9-23(21,22)18-8-14-7-17(2)10-16(14,11-18)15(19)20/h3-6,14H,7-11H2,1-2H3,(H,19,20)/t14-,16-/m1/s1. The summed E-state index contributed by atoms with van der Waals surface area (Å²) < 4.78 is 26.8. The number of carbonyl (C=O) groups is 1. The third-order valence-corrected chi connectivity index (χ3v) is 6.76. The van der Waals surface area contributed by atoms with Gasteiger partial charge >= 0.3 is 5.97 Å². The maximum atomic E-state index is 12.7. The van der Waals surface area contributed by atoms with Crippen LogP contribution in [0.25, 0.3) is 0 Å². The lowest BCUT2D eigenvalue weighted by Crippen LogP contribution is -2.41. The minimum absolute atomic E-state index is 0.0749. The van der Waals surface area contributed by atoms with Crippen LogP contribution < -0.4 is 0 Å². The smallest absolute Gasteiger partial charge is 0.312 e. The van der Waals surface area contributed by atoms with E-state index in [9.17, 15) is 18.3 Å². The fourth-order valence-corrected chi connectivity index (χ4v) is 5.51. The van der Waals surface area contributed by atoms with Gasteiger partial charge in [0.25, 0.3) is 0 Å². The zero-order valence-corrected chi connectivity index (χ0v) is 14.2. The Morgan fingerprint density at radius 1 is 1.35 bits per heavy atom. The van der Waals surface area contributed by atoms with Gasteiger partial charge in [-0.05, 0) is 19.5 Å². The molecule has 2 aliphatic rings. The van der Waals surface area contributed by atoms with E-state index in [1.807, 2.05) is 37.1 Å². The summed E-state index contributed by atoms with van der Waals surface area (Å²) in [4.78, 5) is 13.8. The first-order chi connectivity index (χ1) is 10.7. The monoisotopic (exact) mass is 338 g/mol. The van der Waals surface area contributed by atoms with E-state index in [0.29, 0.717) is 19.6 Å². The molecule has 2 fully saturated rings. The molecule has 2 atom stereocenters. The van der Waals surface area contributed by atoms with E-state index in [-0.39, 0.29) is 18.2 Å². The number of benzene rings is 1. The van der Waals surface area contributed by atoms with Crippen LogP contribution in [-0.2, 0) is 20.6 Å². The Hall–Kier alpha value is -1.44. The third-order valence-electron chi connectivity index (χ3n) is 5.00. The number of hydrogen-bond acceptors (Lipinski definition) is 4. The molecule has 2 saturated heterocycles. The van der Waals surface area contributed by atoms with E-state index < -0.39 is 21.4 Å². The molecule has 7 heteroatoms. The molecule has 0 amide bonds. The van der Waals surface area contributed by atoms with Gasteiger partial charge in [-0.1, -0.05) is 29.8 Å². The van der Waals surface area contributed by atoms with Crippen LogP contribution in [0.2, 0.25) is 0 Å². The normalized spacial score (nSPS) is 28.9. The fourth-order valence-electron chi connectivity index (χ4n) is 3.89. The van der Waals surface area contributed by atoms with E-state index in [1.165, 1.54) is 4.31 Å². The van der Waals surface area contributed by atoms with E-state index in [1.54, 1.807) is 6.07 Å². The van der Waals surface area contributed by atoms with Gasteiger partial charge < -0.3 is 10.0 Å². The Morgan fingerprint density at radius 2 is 2.09 bits per heavy atom. The molecular formula is C16H22N2O4S. The van der Waals surface area contributed by atoms with E-state index in [2.05, 4.69) is 0 Å². The maximum absolute atomic E-state index is 12.7. The molecule has 0 bridgehead atoms. The lowest BCUT2D eigenvalue weighted by molar-refractivity contribution is -0.148. The Bertz CT molecular complexity index is 733. The van der Waals surface area contributed by atoms with Crippen LogP contribution >= 0.6 is 0 Å². The van der Waals surface area contributed by atoms with Crippen LogP contribution in [0, 0.1) is 18.3 Å². The van der Waals surface area contributed by atoms with Crippen LogP contribution in [0.3, 0.4) is 0 Å². The number of carboxylic acid groups (broad SMARTS) is 1. The molecule has 0 radical (unpaired) electrons. The van der Waals surface area contributed by atoms with Gasteiger partial charge in [0.2, 0.25) is 10.0 Å². The lowest BCUT2D eigenvalue weighted by Gasteiger charge is -2.24. The molecule has 2 aliphatic heterocycles. The van der Waals surface area contributed by atoms with Gasteiger partial charge in [-0.25, -0.2) is 12.7 Å². The molecule has 2 heterocycles. The minimum Gasteiger partial charge on any atom is -0.481 e. The van der Waals surface area contributed by atoms with Gasteiger partial charge in [0.05, 0.1) is 11.2 Å². The lowest BCUT2D eigenvalue weighted by atomic mass is 9.81. The van der Waals surface area contributed by atoms with Crippen molar-refractivity contribution >= 4 is 16.0 Å². The summed E-state index contributed by atoms with van der Waals surface area (Å²) in [5.74, 6) is -1.11. The molecule has 1 aromatic carbocycles. The first-order valence-corrected chi connectivity index (χ1v) is 9.29. The average molecular weight is 338 g/mol. The SMILES string of the molecule is Cc1cccc(CS(=O)(=O)N2C[C@H]3CN(C)C[C@@]3(C(=O)O)C2)c1.